The van der Waals surface area contributed by atoms with Crippen molar-refractivity contribution in [3.8, 4) is 0 Å². The van der Waals surface area contributed by atoms with Gasteiger partial charge >= 0.3 is 0 Å². The summed E-state index contributed by atoms with van der Waals surface area (Å²) in [6.07, 6.45) is 11.6. The van der Waals surface area contributed by atoms with Crippen LogP contribution in [0.3, 0.4) is 0 Å². The van der Waals surface area contributed by atoms with Crippen LogP contribution in [0.15, 0.2) is 48.6 Å². The molecule has 2 aromatic carbocycles. The maximum absolute atomic E-state index is 14.5. The first-order chi connectivity index (χ1) is 14.7. The highest BCUT2D eigenvalue weighted by Crippen LogP contribution is 2.50. The van der Waals surface area contributed by atoms with Gasteiger partial charge in [-0.15, -0.1) is 0 Å². The molecule has 1 aliphatic carbocycles. The van der Waals surface area contributed by atoms with Crippen LogP contribution in [-0.2, 0) is 6.54 Å². The molecule has 1 aliphatic heterocycles. The number of halogens is 2. The van der Waals surface area contributed by atoms with Crippen LogP contribution in [0, 0.1) is 17.6 Å². The number of nitrogens with one attached hydrogen (secondary N) is 2. The predicted octanol–water partition coefficient (Wildman–Crippen LogP) is 6.85. The summed E-state index contributed by atoms with van der Waals surface area (Å²) in [6.45, 7) is 4.16. The Morgan fingerprint density at radius 1 is 1.03 bits per heavy atom. The molecule has 2 aliphatic rings. The largest absolute Gasteiger partial charge is 0.375 e. The maximum Gasteiger partial charge on any atom is 0.149 e. The topological polar surface area (TPSA) is 24.1 Å². The van der Waals surface area contributed by atoms with Crippen molar-refractivity contribution in [1.29, 1.82) is 0 Å². The first kappa shape index (κ1) is 21.0. The number of anilines is 1. The molecular weight excluding hydrogens is 378 g/mol. The van der Waals surface area contributed by atoms with E-state index in [-0.39, 0.29) is 17.9 Å². The van der Waals surface area contributed by atoms with Gasteiger partial charge in [-0.2, -0.15) is 0 Å². The Bertz CT molecular complexity index is 875. The van der Waals surface area contributed by atoms with Gasteiger partial charge in [0.2, 0.25) is 0 Å². The summed E-state index contributed by atoms with van der Waals surface area (Å²) in [7, 11) is 0. The van der Waals surface area contributed by atoms with Crippen LogP contribution in [0.25, 0.3) is 0 Å². The van der Waals surface area contributed by atoms with Crippen molar-refractivity contribution in [3.05, 3.63) is 76.9 Å². The van der Waals surface area contributed by atoms with Crippen molar-refractivity contribution in [3.63, 3.8) is 0 Å². The minimum absolute atomic E-state index is 0.0260. The Morgan fingerprint density at radius 3 is 2.63 bits per heavy atom. The van der Waals surface area contributed by atoms with Gasteiger partial charge in [0.05, 0.1) is 11.7 Å². The van der Waals surface area contributed by atoms with Crippen LogP contribution in [0.2, 0.25) is 0 Å². The lowest BCUT2D eigenvalue weighted by atomic mass is 9.77. The molecule has 2 aromatic rings. The van der Waals surface area contributed by atoms with E-state index >= 15 is 0 Å². The maximum atomic E-state index is 14.5. The summed E-state index contributed by atoms with van der Waals surface area (Å²) in [4.78, 5) is 0. The third-order valence-electron chi connectivity index (χ3n) is 6.51. The molecule has 30 heavy (non-hydrogen) atoms. The molecular formula is C26H32F2N2. The quantitative estimate of drug-likeness (QED) is 0.349. The second kappa shape index (κ2) is 9.74. The van der Waals surface area contributed by atoms with E-state index < -0.39 is 11.6 Å². The van der Waals surface area contributed by atoms with Gasteiger partial charge < -0.3 is 10.6 Å². The fourth-order valence-electron chi connectivity index (χ4n) is 4.88. The minimum Gasteiger partial charge on any atom is -0.375 e. The Hall–Kier alpha value is -2.20. The zero-order chi connectivity index (χ0) is 20.9. The van der Waals surface area contributed by atoms with Gasteiger partial charge in [-0.3, -0.25) is 0 Å². The highest BCUT2D eigenvalue weighted by molar-refractivity contribution is 5.60. The average Bonchev–Trinajstić information content (AvgIpc) is 3.24. The van der Waals surface area contributed by atoms with E-state index in [1.165, 1.54) is 43.7 Å². The van der Waals surface area contributed by atoms with E-state index in [0.717, 1.165) is 36.7 Å². The molecule has 0 unspecified atom stereocenters. The molecule has 1 heterocycles. The minimum atomic E-state index is -0.507. The summed E-state index contributed by atoms with van der Waals surface area (Å²) in [6, 6.07) is 11.1. The van der Waals surface area contributed by atoms with Crippen LogP contribution in [0.1, 0.15) is 74.1 Å². The van der Waals surface area contributed by atoms with Crippen molar-refractivity contribution in [1.82, 2.24) is 5.32 Å². The number of rotatable bonds is 9. The van der Waals surface area contributed by atoms with Gasteiger partial charge in [0.25, 0.3) is 0 Å². The fraction of sp³-hybridized carbons (Fsp3) is 0.462. The smallest absolute Gasteiger partial charge is 0.149 e. The molecule has 0 saturated carbocycles. The summed E-state index contributed by atoms with van der Waals surface area (Å²) in [5, 5.41) is 6.91. The van der Waals surface area contributed by atoms with Gasteiger partial charge in [0.1, 0.15) is 11.6 Å². The zero-order valence-corrected chi connectivity index (χ0v) is 17.8. The van der Waals surface area contributed by atoms with Crippen LogP contribution in [0.4, 0.5) is 14.5 Å². The second-order valence-electron chi connectivity index (χ2n) is 8.66. The van der Waals surface area contributed by atoms with E-state index in [2.05, 4.69) is 54.0 Å². The van der Waals surface area contributed by atoms with Crippen LogP contribution >= 0.6 is 0 Å². The van der Waals surface area contributed by atoms with Crippen molar-refractivity contribution in [2.75, 3.05) is 11.9 Å². The van der Waals surface area contributed by atoms with E-state index in [9.17, 15) is 8.78 Å². The summed E-state index contributed by atoms with van der Waals surface area (Å²) in [5.41, 5.74) is 3.61. The standard InChI is InChI=1S/C26H32F2N2/c1-2-3-4-5-6-14-29-17-18-10-12-19(13-11-18)25-22-9-7-8-21(22)23-15-20(27)16-24(28)26(23)30-25/h7-8,10-13,15-16,21-22,25,29-30H,2-6,9,14,17H2,1H3/t21-,22+,25+/m1/s1. The predicted molar refractivity (Wildman–Crippen MR) is 120 cm³/mol. The third kappa shape index (κ3) is 4.59. The highest BCUT2D eigenvalue weighted by Gasteiger charge is 2.39. The normalized spacial score (nSPS) is 21.9. The molecule has 0 bridgehead atoms. The lowest BCUT2D eigenvalue weighted by Gasteiger charge is -2.37. The molecule has 4 heteroatoms. The fourth-order valence-corrected chi connectivity index (χ4v) is 4.88. The molecule has 0 amide bonds. The van der Waals surface area contributed by atoms with Gasteiger partial charge in [-0.1, -0.05) is 69.0 Å². The number of hydrogen-bond acceptors (Lipinski definition) is 2. The molecule has 160 valence electrons. The molecule has 0 aromatic heterocycles. The summed E-state index contributed by atoms with van der Waals surface area (Å²) in [5.74, 6) is -0.669. The molecule has 3 atom stereocenters. The SMILES string of the molecule is CCCCCCCNCc1ccc([C@@H]2Nc3c(F)cc(F)cc3[C@@H]3C=CC[C@@H]32)cc1. The van der Waals surface area contributed by atoms with Crippen molar-refractivity contribution >= 4 is 5.69 Å². The zero-order valence-electron chi connectivity index (χ0n) is 17.8. The van der Waals surface area contributed by atoms with Crippen LogP contribution in [0.5, 0.6) is 0 Å². The molecule has 0 saturated heterocycles. The first-order valence-electron chi connectivity index (χ1n) is 11.4. The van der Waals surface area contributed by atoms with Crippen molar-refractivity contribution < 1.29 is 8.78 Å². The van der Waals surface area contributed by atoms with Crippen LogP contribution < -0.4 is 10.6 Å². The van der Waals surface area contributed by atoms with Crippen LogP contribution in [-0.4, -0.2) is 6.54 Å². The monoisotopic (exact) mass is 410 g/mol. The average molecular weight is 411 g/mol. The third-order valence-corrected chi connectivity index (χ3v) is 6.51. The Labute approximate surface area is 178 Å². The highest BCUT2D eigenvalue weighted by atomic mass is 19.1. The van der Waals surface area contributed by atoms with Crippen molar-refractivity contribution in [2.24, 2.45) is 5.92 Å². The van der Waals surface area contributed by atoms with E-state index in [4.69, 9.17) is 0 Å². The lowest BCUT2D eigenvalue weighted by Crippen LogP contribution is -2.30. The Morgan fingerprint density at radius 2 is 1.83 bits per heavy atom. The number of hydrogen-bond donors (Lipinski definition) is 2. The second-order valence-corrected chi connectivity index (χ2v) is 8.66. The van der Waals surface area contributed by atoms with E-state index in [0.29, 0.717) is 5.69 Å². The van der Waals surface area contributed by atoms with E-state index in [1.54, 1.807) is 0 Å². The first-order valence-corrected chi connectivity index (χ1v) is 11.4. The molecule has 0 spiro atoms. The van der Waals surface area contributed by atoms with Gasteiger partial charge in [0, 0.05) is 18.5 Å². The van der Waals surface area contributed by atoms with Gasteiger partial charge in [-0.25, -0.2) is 8.78 Å². The summed E-state index contributed by atoms with van der Waals surface area (Å²) < 4.78 is 28.3. The van der Waals surface area contributed by atoms with Gasteiger partial charge in [-0.05, 0) is 48.1 Å². The summed E-state index contributed by atoms with van der Waals surface area (Å²) >= 11 is 0. The number of unbranched alkanes of at least 4 members (excludes halogenated alkanes) is 4. The molecule has 2 nitrogen and oxygen atoms in total. The Balaban J connectivity index is 1.39. The molecule has 4 rings (SSSR count). The van der Waals surface area contributed by atoms with Gasteiger partial charge in [0.15, 0.2) is 0 Å². The molecule has 0 radical (unpaired) electrons. The number of fused-ring (bicyclic) bond motifs is 3. The van der Waals surface area contributed by atoms with Crippen molar-refractivity contribution in [2.45, 2.75) is 64.0 Å². The number of benzene rings is 2. The van der Waals surface area contributed by atoms with E-state index in [1.807, 2.05) is 0 Å². The molecule has 0 fully saturated rings. The Kier molecular flexibility index (Phi) is 6.83. The number of allylic oxidation sites excluding steroid dienone is 2. The molecule has 2 N–H and O–H groups in total. The lowest BCUT2D eigenvalue weighted by molar-refractivity contribution is 0.418.